The number of benzene rings is 2. The lowest BCUT2D eigenvalue weighted by Gasteiger charge is -2.06. The minimum Gasteiger partial charge on any atom is -0.313 e. The van der Waals surface area contributed by atoms with Crippen molar-refractivity contribution < 1.29 is 0 Å². The van der Waals surface area contributed by atoms with Crippen molar-refractivity contribution in [2.45, 2.75) is 30.5 Å². The van der Waals surface area contributed by atoms with E-state index >= 15 is 0 Å². The van der Waals surface area contributed by atoms with Crippen LogP contribution in [-0.2, 0) is 12.3 Å². The van der Waals surface area contributed by atoms with Gasteiger partial charge >= 0.3 is 0 Å². The highest BCUT2D eigenvalue weighted by Gasteiger charge is 1.98. The zero-order chi connectivity index (χ0) is 14.2. The summed E-state index contributed by atoms with van der Waals surface area (Å²) in [5, 5.41) is 4.21. The van der Waals surface area contributed by atoms with Gasteiger partial charge in [0.2, 0.25) is 0 Å². The highest BCUT2D eigenvalue weighted by atomic mass is 35.5. The summed E-state index contributed by atoms with van der Waals surface area (Å²) in [6.45, 7) is 4.21. The lowest BCUT2D eigenvalue weighted by atomic mass is 10.2. The Hall–Kier alpha value is -0.960. The van der Waals surface area contributed by atoms with E-state index in [0.717, 1.165) is 23.9 Å². The molecule has 0 saturated heterocycles. The van der Waals surface area contributed by atoms with Crippen LogP contribution in [0, 0.1) is 0 Å². The molecule has 0 bridgehead atoms. The molecular weight excluding hydrogens is 286 g/mol. The topological polar surface area (TPSA) is 12.0 Å². The van der Waals surface area contributed by atoms with E-state index in [1.54, 1.807) is 0 Å². The van der Waals surface area contributed by atoms with Crippen LogP contribution < -0.4 is 5.32 Å². The molecule has 1 nitrogen and oxygen atoms in total. The lowest BCUT2D eigenvalue weighted by molar-refractivity contribution is 0.675. The Kier molecular flexibility index (Phi) is 6.44. The second-order valence-electron chi connectivity index (χ2n) is 4.74. The molecule has 0 aliphatic rings. The molecule has 2 aromatic rings. The van der Waals surface area contributed by atoms with Crippen molar-refractivity contribution in [2.75, 3.05) is 6.54 Å². The summed E-state index contributed by atoms with van der Waals surface area (Å²) in [7, 11) is 0. The van der Waals surface area contributed by atoms with Gasteiger partial charge in [-0.1, -0.05) is 42.8 Å². The maximum Gasteiger partial charge on any atom is 0.0406 e. The fourth-order valence-electron chi connectivity index (χ4n) is 1.86. The molecule has 2 rings (SSSR count). The second-order valence-corrected chi connectivity index (χ2v) is 6.22. The fraction of sp³-hybridized carbons (Fsp3) is 0.294. The van der Waals surface area contributed by atoms with Crippen molar-refractivity contribution in [1.82, 2.24) is 5.32 Å². The van der Waals surface area contributed by atoms with Gasteiger partial charge in [0.05, 0.1) is 0 Å². The van der Waals surface area contributed by atoms with Crippen molar-refractivity contribution in [2.24, 2.45) is 0 Å². The van der Waals surface area contributed by atoms with Crippen LogP contribution in [-0.4, -0.2) is 6.54 Å². The van der Waals surface area contributed by atoms with E-state index in [-0.39, 0.29) is 0 Å². The average Bonchev–Trinajstić information content (AvgIpc) is 2.48. The lowest BCUT2D eigenvalue weighted by Crippen LogP contribution is -2.13. The van der Waals surface area contributed by atoms with Gasteiger partial charge in [-0.2, -0.15) is 0 Å². The van der Waals surface area contributed by atoms with E-state index < -0.39 is 0 Å². The molecule has 0 heterocycles. The molecule has 0 saturated carbocycles. The SMILES string of the molecule is CCCNCc1ccc(SCc2ccc(Cl)cc2)cc1. The Morgan fingerprint density at radius 3 is 2.25 bits per heavy atom. The first kappa shape index (κ1) is 15.4. The van der Waals surface area contributed by atoms with Crippen molar-refractivity contribution in [1.29, 1.82) is 0 Å². The highest BCUT2D eigenvalue weighted by molar-refractivity contribution is 7.98. The van der Waals surface area contributed by atoms with Gasteiger partial charge < -0.3 is 5.32 Å². The molecule has 2 aromatic carbocycles. The van der Waals surface area contributed by atoms with Gasteiger partial charge in [0.15, 0.2) is 0 Å². The van der Waals surface area contributed by atoms with Crippen molar-refractivity contribution >= 4 is 23.4 Å². The smallest absolute Gasteiger partial charge is 0.0406 e. The van der Waals surface area contributed by atoms with Gasteiger partial charge in [0.1, 0.15) is 0 Å². The Balaban J connectivity index is 1.82. The van der Waals surface area contributed by atoms with E-state index in [0.29, 0.717) is 0 Å². The quantitative estimate of drug-likeness (QED) is 0.562. The maximum absolute atomic E-state index is 5.89. The van der Waals surface area contributed by atoms with E-state index in [1.165, 1.54) is 22.4 Å². The third kappa shape index (κ3) is 5.20. The monoisotopic (exact) mass is 305 g/mol. The summed E-state index contributed by atoms with van der Waals surface area (Å²) in [5.74, 6) is 0.977. The van der Waals surface area contributed by atoms with E-state index in [1.807, 2.05) is 23.9 Å². The van der Waals surface area contributed by atoms with Gasteiger partial charge in [-0.15, -0.1) is 11.8 Å². The van der Waals surface area contributed by atoms with Crippen molar-refractivity contribution in [3.8, 4) is 0 Å². The first-order chi connectivity index (χ1) is 9.78. The Labute approximate surface area is 130 Å². The van der Waals surface area contributed by atoms with Crippen LogP contribution in [0.5, 0.6) is 0 Å². The van der Waals surface area contributed by atoms with E-state index in [9.17, 15) is 0 Å². The largest absolute Gasteiger partial charge is 0.313 e. The van der Waals surface area contributed by atoms with Crippen LogP contribution in [0.2, 0.25) is 5.02 Å². The van der Waals surface area contributed by atoms with E-state index in [2.05, 4.69) is 48.6 Å². The van der Waals surface area contributed by atoms with Crippen LogP contribution >= 0.6 is 23.4 Å². The number of halogens is 1. The first-order valence-corrected chi connectivity index (χ1v) is 8.31. The highest BCUT2D eigenvalue weighted by Crippen LogP contribution is 2.23. The third-order valence-corrected chi connectivity index (χ3v) is 4.33. The molecule has 0 aliphatic carbocycles. The van der Waals surface area contributed by atoms with Crippen LogP contribution in [0.1, 0.15) is 24.5 Å². The molecule has 0 aromatic heterocycles. The molecule has 0 unspecified atom stereocenters. The Morgan fingerprint density at radius 1 is 0.950 bits per heavy atom. The van der Waals surface area contributed by atoms with Crippen LogP contribution in [0.4, 0.5) is 0 Å². The summed E-state index contributed by atoms with van der Waals surface area (Å²) in [4.78, 5) is 1.30. The van der Waals surface area contributed by atoms with Gasteiger partial charge in [0.25, 0.3) is 0 Å². The molecule has 0 amide bonds. The maximum atomic E-state index is 5.89. The summed E-state index contributed by atoms with van der Waals surface area (Å²) in [6, 6.07) is 16.9. The molecular formula is C17H20ClNS. The molecule has 0 radical (unpaired) electrons. The zero-order valence-corrected chi connectivity index (χ0v) is 13.3. The van der Waals surface area contributed by atoms with Crippen molar-refractivity contribution in [3.05, 3.63) is 64.7 Å². The molecule has 0 fully saturated rings. The normalized spacial score (nSPS) is 10.7. The minimum atomic E-state index is 0.794. The standard InChI is InChI=1S/C17H20ClNS/c1-2-11-19-12-14-5-9-17(10-6-14)20-13-15-3-7-16(18)8-4-15/h3-10,19H,2,11-13H2,1H3. The van der Waals surface area contributed by atoms with E-state index in [4.69, 9.17) is 11.6 Å². The molecule has 106 valence electrons. The third-order valence-electron chi connectivity index (χ3n) is 3.00. The fourth-order valence-corrected chi connectivity index (χ4v) is 2.84. The van der Waals surface area contributed by atoms with Gasteiger partial charge in [-0.3, -0.25) is 0 Å². The van der Waals surface area contributed by atoms with Crippen LogP contribution in [0.15, 0.2) is 53.4 Å². The number of hydrogen-bond donors (Lipinski definition) is 1. The molecule has 0 spiro atoms. The van der Waals surface area contributed by atoms with Gasteiger partial charge in [0, 0.05) is 22.2 Å². The molecule has 0 atom stereocenters. The molecule has 1 N–H and O–H groups in total. The Morgan fingerprint density at radius 2 is 1.60 bits per heavy atom. The van der Waals surface area contributed by atoms with Crippen LogP contribution in [0.3, 0.4) is 0 Å². The first-order valence-electron chi connectivity index (χ1n) is 6.95. The number of thioether (sulfide) groups is 1. The molecule has 20 heavy (non-hydrogen) atoms. The number of hydrogen-bond acceptors (Lipinski definition) is 2. The Bertz CT molecular complexity index is 508. The zero-order valence-electron chi connectivity index (χ0n) is 11.7. The van der Waals surface area contributed by atoms with Gasteiger partial charge in [-0.05, 0) is 48.4 Å². The minimum absolute atomic E-state index is 0.794. The number of rotatable bonds is 7. The second kappa shape index (κ2) is 8.35. The molecule has 3 heteroatoms. The summed E-state index contributed by atoms with van der Waals surface area (Å²) in [6.07, 6.45) is 1.18. The predicted octanol–water partition coefficient (Wildman–Crippen LogP) is 5.13. The van der Waals surface area contributed by atoms with Crippen molar-refractivity contribution in [3.63, 3.8) is 0 Å². The molecule has 0 aliphatic heterocycles. The summed E-state index contributed by atoms with van der Waals surface area (Å²) >= 11 is 7.74. The summed E-state index contributed by atoms with van der Waals surface area (Å²) in [5.41, 5.74) is 2.64. The average molecular weight is 306 g/mol. The predicted molar refractivity (Wildman–Crippen MR) is 89.5 cm³/mol. The van der Waals surface area contributed by atoms with Crippen LogP contribution in [0.25, 0.3) is 0 Å². The number of nitrogens with one attached hydrogen (secondary N) is 1. The summed E-state index contributed by atoms with van der Waals surface area (Å²) < 4.78 is 0. The van der Waals surface area contributed by atoms with Gasteiger partial charge in [-0.25, -0.2) is 0 Å².